The summed E-state index contributed by atoms with van der Waals surface area (Å²) in [4.78, 5) is 0. The van der Waals surface area contributed by atoms with Crippen LogP contribution in [0.25, 0.3) is 0 Å². The highest BCUT2D eigenvalue weighted by molar-refractivity contribution is 6.37. The van der Waals surface area contributed by atoms with Gasteiger partial charge in [0, 0.05) is 12.7 Å². The van der Waals surface area contributed by atoms with Crippen LogP contribution >= 0.6 is 23.2 Å². The third kappa shape index (κ3) is 3.25. The Kier molecular flexibility index (Phi) is 4.40. The van der Waals surface area contributed by atoms with Crippen LogP contribution in [0.2, 0.25) is 10.0 Å². The van der Waals surface area contributed by atoms with Crippen LogP contribution in [0.15, 0.2) is 36.4 Å². The van der Waals surface area contributed by atoms with Crippen LogP contribution in [0.3, 0.4) is 0 Å². The molecule has 1 N–H and O–H groups in total. The molecule has 0 amide bonds. The molecule has 3 nitrogen and oxygen atoms in total. The highest BCUT2D eigenvalue weighted by Gasteiger charge is 2.10. The van der Waals surface area contributed by atoms with Crippen molar-refractivity contribution in [3.8, 4) is 17.2 Å². The van der Waals surface area contributed by atoms with Crippen molar-refractivity contribution in [1.82, 2.24) is 0 Å². The number of nitrogens with one attached hydrogen (secondary N) is 1. The number of halogens is 2. The van der Waals surface area contributed by atoms with Gasteiger partial charge in [0.2, 0.25) is 0 Å². The van der Waals surface area contributed by atoms with Gasteiger partial charge in [-0.2, -0.15) is 0 Å². The smallest absolute Gasteiger partial charge is 0.164 e. The molecular weight excluding hydrogens is 285 g/mol. The minimum Gasteiger partial charge on any atom is -0.497 e. The van der Waals surface area contributed by atoms with Gasteiger partial charge in [-0.05, 0) is 36.4 Å². The normalized spacial score (nSPS) is 10.1. The molecule has 0 spiro atoms. The minimum absolute atomic E-state index is 0.438. The van der Waals surface area contributed by atoms with E-state index < -0.39 is 0 Å². The van der Waals surface area contributed by atoms with E-state index in [1.165, 1.54) is 0 Å². The van der Waals surface area contributed by atoms with Gasteiger partial charge in [-0.1, -0.05) is 23.2 Å². The molecule has 19 heavy (non-hydrogen) atoms. The molecule has 0 aliphatic rings. The first-order valence-electron chi connectivity index (χ1n) is 5.62. The van der Waals surface area contributed by atoms with Crippen LogP contribution < -0.4 is 14.8 Å². The SMILES string of the molecule is CNc1cc(Cl)c(Oc2ccc(OC)cc2)c(Cl)c1. The number of rotatable bonds is 4. The van der Waals surface area contributed by atoms with Crippen LogP contribution in [0.1, 0.15) is 0 Å². The second-order valence-corrected chi connectivity index (χ2v) is 4.61. The van der Waals surface area contributed by atoms with E-state index >= 15 is 0 Å². The van der Waals surface area contributed by atoms with Crippen molar-refractivity contribution in [1.29, 1.82) is 0 Å². The van der Waals surface area contributed by atoms with Crippen molar-refractivity contribution in [2.75, 3.05) is 19.5 Å². The number of ether oxygens (including phenoxy) is 2. The van der Waals surface area contributed by atoms with Gasteiger partial charge >= 0.3 is 0 Å². The maximum Gasteiger partial charge on any atom is 0.164 e. The number of hydrogen-bond acceptors (Lipinski definition) is 3. The summed E-state index contributed by atoms with van der Waals surface area (Å²) < 4.78 is 10.8. The maximum atomic E-state index is 6.15. The predicted octanol–water partition coefficient (Wildman–Crippen LogP) is 4.84. The molecule has 0 aliphatic heterocycles. The molecule has 5 heteroatoms. The first-order chi connectivity index (χ1) is 9.13. The monoisotopic (exact) mass is 297 g/mol. The quantitative estimate of drug-likeness (QED) is 0.876. The Labute approximate surface area is 122 Å². The van der Waals surface area contributed by atoms with Gasteiger partial charge in [-0.15, -0.1) is 0 Å². The largest absolute Gasteiger partial charge is 0.497 e. The van der Waals surface area contributed by atoms with Gasteiger partial charge < -0.3 is 14.8 Å². The molecule has 0 bridgehead atoms. The second kappa shape index (κ2) is 6.04. The van der Waals surface area contributed by atoms with Crippen LogP contribution in [-0.4, -0.2) is 14.2 Å². The molecule has 0 saturated heterocycles. The van der Waals surface area contributed by atoms with Crippen molar-refractivity contribution in [2.24, 2.45) is 0 Å². The fourth-order valence-corrected chi connectivity index (χ4v) is 2.13. The lowest BCUT2D eigenvalue weighted by molar-refractivity contribution is 0.413. The zero-order valence-electron chi connectivity index (χ0n) is 10.5. The lowest BCUT2D eigenvalue weighted by atomic mass is 10.3. The lowest BCUT2D eigenvalue weighted by Gasteiger charge is -2.11. The third-order valence-corrected chi connectivity index (χ3v) is 3.13. The Morgan fingerprint density at radius 3 is 1.95 bits per heavy atom. The van der Waals surface area contributed by atoms with E-state index in [0.29, 0.717) is 21.5 Å². The summed E-state index contributed by atoms with van der Waals surface area (Å²) in [6.45, 7) is 0. The van der Waals surface area contributed by atoms with E-state index in [9.17, 15) is 0 Å². The fraction of sp³-hybridized carbons (Fsp3) is 0.143. The molecule has 0 aromatic heterocycles. The van der Waals surface area contributed by atoms with Crippen molar-refractivity contribution < 1.29 is 9.47 Å². The Morgan fingerprint density at radius 2 is 1.47 bits per heavy atom. The third-order valence-electron chi connectivity index (χ3n) is 2.57. The first-order valence-corrected chi connectivity index (χ1v) is 6.38. The predicted molar refractivity (Wildman–Crippen MR) is 79.1 cm³/mol. The molecule has 0 atom stereocenters. The van der Waals surface area contributed by atoms with Gasteiger partial charge in [-0.25, -0.2) is 0 Å². The summed E-state index contributed by atoms with van der Waals surface area (Å²) >= 11 is 12.3. The highest BCUT2D eigenvalue weighted by atomic mass is 35.5. The minimum atomic E-state index is 0.438. The molecule has 2 aromatic rings. The molecule has 0 fully saturated rings. The van der Waals surface area contributed by atoms with E-state index in [-0.39, 0.29) is 0 Å². The van der Waals surface area contributed by atoms with Gasteiger partial charge in [0.25, 0.3) is 0 Å². The highest BCUT2D eigenvalue weighted by Crippen LogP contribution is 2.38. The van der Waals surface area contributed by atoms with Crippen molar-refractivity contribution in [2.45, 2.75) is 0 Å². The number of hydrogen-bond donors (Lipinski definition) is 1. The Balaban J connectivity index is 2.27. The van der Waals surface area contributed by atoms with E-state index in [0.717, 1.165) is 11.4 Å². The average Bonchev–Trinajstić information content (AvgIpc) is 2.43. The van der Waals surface area contributed by atoms with Crippen LogP contribution in [0.5, 0.6) is 17.2 Å². The second-order valence-electron chi connectivity index (χ2n) is 3.80. The molecule has 100 valence electrons. The molecule has 0 heterocycles. The summed E-state index contributed by atoms with van der Waals surface area (Å²) in [5, 5.41) is 3.88. The summed E-state index contributed by atoms with van der Waals surface area (Å²) in [6, 6.07) is 10.7. The molecule has 2 aromatic carbocycles. The Bertz CT molecular complexity index is 547. The van der Waals surface area contributed by atoms with E-state index in [1.54, 1.807) is 50.6 Å². The van der Waals surface area contributed by atoms with Gasteiger partial charge in [0.1, 0.15) is 11.5 Å². The van der Waals surface area contributed by atoms with E-state index in [1.807, 2.05) is 0 Å². The van der Waals surface area contributed by atoms with Gasteiger partial charge in [0.05, 0.1) is 17.2 Å². The lowest BCUT2D eigenvalue weighted by Crippen LogP contribution is -1.91. The van der Waals surface area contributed by atoms with E-state index in [4.69, 9.17) is 32.7 Å². The fourth-order valence-electron chi connectivity index (χ4n) is 1.56. The van der Waals surface area contributed by atoms with Crippen LogP contribution in [0, 0.1) is 0 Å². The van der Waals surface area contributed by atoms with Crippen molar-refractivity contribution in [3.63, 3.8) is 0 Å². The summed E-state index contributed by atoms with van der Waals surface area (Å²) in [6.07, 6.45) is 0. The van der Waals surface area contributed by atoms with Gasteiger partial charge in [0.15, 0.2) is 5.75 Å². The Hall–Kier alpha value is -1.58. The number of methoxy groups -OCH3 is 1. The van der Waals surface area contributed by atoms with Gasteiger partial charge in [-0.3, -0.25) is 0 Å². The Morgan fingerprint density at radius 1 is 0.947 bits per heavy atom. The summed E-state index contributed by atoms with van der Waals surface area (Å²) in [7, 11) is 3.41. The van der Waals surface area contributed by atoms with Crippen molar-refractivity contribution >= 4 is 28.9 Å². The van der Waals surface area contributed by atoms with E-state index in [2.05, 4.69) is 5.32 Å². The zero-order valence-corrected chi connectivity index (χ0v) is 12.0. The first kappa shape index (κ1) is 13.8. The maximum absolute atomic E-state index is 6.15. The molecule has 0 aliphatic carbocycles. The van der Waals surface area contributed by atoms with Crippen LogP contribution in [-0.2, 0) is 0 Å². The molecule has 0 saturated carbocycles. The summed E-state index contributed by atoms with van der Waals surface area (Å²) in [5.74, 6) is 1.84. The van der Waals surface area contributed by atoms with Crippen molar-refractivity contribution in [3.05, 3.63) is 46.4 Å². The average molecular weight is 298 g/mol. The molecule has 0 unspecified atom stereocenters. The zero-order chi connectivity index (χ0) is 13.8. The molecule has 2 rings (SSSR count). The molecule has 0 radical (unpaired) electrons. The number of anilines is 1. The molecular formula is C14H13Cl2NO2. The topological polar surface area (TPSA) is 30.5 Å². The summed E-state index contributed by atoms with van der Waals surface area (Å²) in [5.41, 5.74) is 0.831. The van der Waals surface area contributed by atoms with Crippen LogP contribution in [0.4, 0.5) is 5.69 Å². The standard InChI is InChI=1S/C14H13Cl2NO2/c1-17-9-7-12(15)14(13(16)8-9)19-11-5-3-10(18-2)4-6-11/h3-8,17H,1-2H3. The number of benzene rings is 2.